The second kappa shape index (κ2) is 11.3. The van der Waals surface area contributed by atoms with E-state index in [1.165, 1.54) is 0 Å². The van der Waals surface area contributed by atoms with Crippen molar-refractivity contribution in [2.75, 3.05) is 25.1 Å². The number of aromatic nitrogens is 3. The quantitative estimate of drug-likeness (QED) is 0.451. The Kier molecular flexibility index (Phi) is 8.00. The smallest absolute Gasteiger partial charge is 0.255 e. The van der Waals surface area contributed by atoms with Gasteiger partial charge in [0.2, 0.25) is 0 Å². The van der Waals surface area contributed by atoms with Gasteiger partial charge in [-0.1, -0.05) is 26.0 Å². The number of carbonyl (C=O) groups is 1. The van der Waals surface area contributed by atoms with Gasteiger partial charge in [0.05, 0.1) is 35.5 Å². The molecule has 3 aromatic rings. The van der Waals surface area contributed by atoms with Gasteiger partial charge < -0.3 is 20.1 Å². The first kappa shape index (κ1) is 24.0. The van der Waals surface area contributed by atoms with Crippen molar-refractivity contribution in [3.63, 3.8) is 0 Å². The molecular weight excluding hydrogens is 430 g/mol. The van der Waals surface area contributed by atoms with E-state index in [-0.39, 0.29) is 18.0 Å². The zero-order valence-electron chi connectivity index (χ0n) is 20.3. The highest BCUT2D eigenvalue weighted by Gasteiger charge is 2.23. The monoisotopic (exact) mass is 465 g/mol. The fourth-order valence-corrected chi connectivity index (χ4v) is 4.31. The third-order valence-electron chi connectivity index (χ3n) is 6.25. The third kappa shape index (κ3) is 5.33. The van der Waals surface area contributed by atoms with Crippen LogP contribution in [0.3, 0.4) is 0 Å². The van der Waals surface area contributed by atoms with Gasteiger partial charge in [-0.05, 0) is 50.3 Å². The van der Waals surface area contributed by atoms with Crippen molar-refractivity contribution < 1.29 is 14.3 Å². The largest absolute Gasteiger partial charge is 0.494 e. The summed E-state index contributed by atoms with van der Waals surface area (Å²) in [4.78, 5) is 18.1. The van der Waals surface area contributed by atoms with E-state index in [1.807, 2.05) is 35.9 Å². The minimum atomic E-state index is -0.147. The molecule has 0 spiro atoms. The molecule has 0 radical (unpaired) electrons. The molecule has 1 fully saturated rings. The highest BCUT2D eigenvalue weighted by molar-refractivity contribution is 6.06. The lowest BCUT2D eigenvalue weighted by atomic mass is 10.0. The van der Waals surface area contributed by atoms with Crippen molar-refractivity contribution in [1.82, 2.24) is 20.1 Å². The lowest BCUT2D eigenvalue weighted by Gasteiger charge is -2.26. The summed E-state index contributed by atoms with van der Waals surface area (Å²) >= 11 is 0. The van der Waals surface area contributed by atoms with Crippen LogP contribution in [0.15, 0.2) is 36.7 Å². The van der Waals surface area contributed by atoms with Gasteiger partial charge in [0.25, 0.3) is 5.91 Å². The minimum Gasteiger partial charge on any atom is -0.494 e. The van der Waals surface area contributed by atoms with Crippen molar-refractivity contribution >= 4 is 22.6 Å². The van der Waals surface area contributed by atoms with Crippen LogP contribution in [0.1, 0.15) is 68.4 Å². The molecule has 182 valence electrons. The maximum absolute atomic E-state index is 13.5. The number of fused-ring (bicyclic) bond motifs is 1. The van der Waals surface area contributed by atoms with E-state index in [2.05, 4.69) is 34.6 Å². The van der Waals surface area contributed by atoms with Gasteiger partial charge >= 0.3 is 0 Å². The van der Waals surface area contributed by atoms with E-state index in [1.54, 1.807) is 12.4 Å². The van der Waals surface area contributed by atoms with Crippen LogP contribution in [0.5, 0.6) is 5.75 Å². The van der Waals surface area contributed by atoms with Crippen LogP contribution >= 0.6 is 0 Å². The number of hydrogen-bond acceptors (Lipinski definition) is 6. The summed E-state index contributed by atoms with van der Waals surface area (Å²) in [6.07, 6.45) is 7.01. The molecule has 1 unspecified atom stereocenters. The Morgan fingerprint density at radius 3 is 2.62 bits per heavy atom. The maximum atomic E-state index is 13.5. The molecule has 8 nitrogen and oxygen atoms in total. The van der Waals surface area contributed by atoms with Gasteiger partial charge in [0.15, 0.2) is 5.65 Å². The Morgan fingerprint density at radius 1 is 1.18 bits per heavy atom. The van der Waals surface area contributed by atoms with Crippen LogP contribution in [0.4, 0.5) is 5.69 Å². The number of rotatable bonds is 10. The van der Waals surface area contributed by atoms with Crippen molar-refractivity contribution in [2.24, 2.45) is 0 Å². The lowest BCUT2D eigenvalue weighted by Crippen LogP contribution is -2.32. The lowest BCUT2D eigenvalue weighted by molar-refractivity contribution is 0.0903. The SMILES string of the molecule is CCCOc1ccc(C(CC)NC(=O)c2cnc3c(cnn3CC)c2NC2CCOCC2)cc1. The van der Waals surface area contributed by atoms with Crippen LogP contribution in [0.25, 0.3) is 11.0 Å². The van der Waals surface area contributed by atoms with Gasteiger partial charge in [-0.15, -0.1) is 0 Å². The molecule has 3 heterocycles. The standard InChI is InChI=1S/C26H35N5O3/c1-4-13-34-20-9-7-18(8-10-20)23(5-2)30-26(32)22-16-27-25-21(17-28-31(25)6-3)24(22)29-19-11-14-33-15-12-19/h7-10,16-17,19,23H,4-6,11-15H2,1-3H3,(H,27,29)(H,30,32). The van der Waals surface area contributed by atoms with E-state index in [9.17, 15) is 4.79 Å². The molecule has 1 amide bonds. The molecule has 1 aliphatic rings. The van der Waals surface area contributed by atoms with Crippen molar-refractivity contribution in [3.8, 4) is 5.75 Å². The first-order chi connectivity index (χ1) is 16.6. The summed E-state index contributed by atoms with van der Waals surface area (Å²) in [6.45, 7) is 9.04. The molecule has 8 heteroatoms. The fraction of sp³-hybridized carbons (Fsp3) is 0.500. The number of pyridine rings is 1. The first-order valence-electron chi connectivity index (χ1n) is 12.4. The molecule has 1 aliphatic heterocycles. The number of carbonyl (C=O) groups excluding carboxylic acids is 1. The average Bonchev–Trinajstić information content (AvgIpc) is 3.31. The summed E-state index contributed by atoms with van der Waals surface area (Å²) in [5.74, 6) is 0.698. The van der Waals surface area contributed by atoms with E-state index >= 15 is 0 Å². The topological polar surface area (TPSA) is 90.3 Å². The minimum absolute atomic E-state index is 0.113. The summed E-state index contributed by atoms with van der Waals surface area (Å²) in [5.41, 5.74) is 3.16. The molecule has 0 bridgehead atoms. The molecule has 0 saturated carbocycles. The van der Waals surface area contributed by atoms with E-state index in [0.29, 0.717) is 18.7 Å². The number of nitrogens with zero attached hydrogens (tertiary/aromatic N) is 3. The number of aryl methyl sites for hydroxylation is 1. The Morgan fingerprint density at radius 2 is 1.94 bits per heavy atom. The van der Waals surface area contributed by atoms with Gasteiger partial charge in [-0.2, -0.15) is 5.10 Å². The number of anilines is 1. The Bertz CT molecular complexity index is 1090. The highest BCUT2D eigenvalue weighted by atomic mass is 16.5. The van der Waals surface area contributed by atoms with E-state index in [0.717, 1.165) is 66.9 Å². The summed E-state index contributed by atoms with van der Waals surface area (Å²) < 4.78 is 13.1. The van der Waals surface area contributed by atoms with Gasteiger partial charge in [-0.3, -0.25) is 4.79 Å². The first-order valence-corrected chi connectivity index (χ1v) is 12.4. The highest BCUT2D eigenvalue weighted by Crippen LogP contribution is 2.29. The molecule has 0 aliphatic carbocycles. The van der Waals surface area contributed by atoms with Gasteiger partial charge in [0.1, 0.15) is 5.75 Å². The van der Waals surface area contributed by atoms with Crippen LogP contribution in [-0.2, 0) is 11.3 Å². The fourth-order valence-electron chi connectivity index (χ4n) is 4.31. The van der Waals surface area contributed by atoms with Gasteiger partial charge in [0, 0.05) is 32.0 Å². The van der Waals surface area contributed by atoms with Crippen LogP contribution < -0.4 is 15.4 Å². The second-order valence-corrected chi connectivity index (χ2v) is 8.63. The Hall–Kier alpha value is -3.13. The van der Waals surface area contributed by atoms with Crippen molar-refractivity contribution in [2.45, 2.75) is 65.1 Å². The number of hydrogen-bond donors (Lipinski definition) is 2. The van der Waals surface area contributed by atoms with Crippen LogP contribution in [0, 0.1) is 0 Å². The molecule has 1 saturated heterocycles. The predicted molar refractivity (Wildman–Crippen MR) is 133 cm³/mol. The molecule has 4 rings (SSSR count). The normalized spacial score (nSPS) is 15.3. The summed E-state index contributed by atoms with van der Waals surface area (Å²) in [5, 5.41) is 12.2. The number of amides is 1. The zero-order valence-corrected chi connectivity index (χ0v) is 20.3. The third-order valence-corrected chi connectivity index (χ3v) is 6.25. The van der Waals surface area contributed by atoms with Gasteiger partial charge in [-0.25, -0.2) is 9.67 Å². The van der Waals surface area contributed by atoms with E-state index < -0.39 is 0 Å². The number of benzene rings is 1. The Labute approximate surface area is 201 Å². The molecular formula is C26H35N5O3. The van der Waals surface area contributed by atoms with Crippen LogP contribution in [-0.4, -0.2) is 46.5 Å². The number of nitrogens with one attached hydrogen (secondary N) is 2. The summed E-state index contributed by atoms with van der Waals surface area (Å²) in [7, 11) is 0. The molecule has 1 aromatic carbocycles. The summed E-state index contributed by atoms with van der Waals surface area (Å²) in [6, 6.07) is 8.10. The number of ether oxygens (including phenoxy) is 2. The zero-order chi connectivity index (χ0) is 23.9. The van der Waals surface area contributed by atoms with E-state index in [4.69, 9.17) is 9.47 Å². The molecule has 2 aromatic heterocycles. The second-order valence-electron chi connectivity index (χ2n) is 8.63. The molecule has 2 N–H and O–H groups in total. The molecule has 34 heavy (non-hydrogen) atoms. The van der Waals surface area contributed by atoms with Crippen molar-refractivity contribution in [1.29, 1.82) is 0 Å². The van der Waals surface area contributed by atoms with Crippen LogP contribution in [0.2, 0.25) is 0 Å². The van der Waals surface area contributed by atoms with Crippen molar-refractivity contribution in [3.05, 3.63) is 47.8 Å². The predicted octanol–water partition coefficient (Wildman–Crippen LogP) is 4.71. The molecule has 1 atom stereocenters. The average molecular weight is 466 g/mol. The maximum Gasteiger partial charge on any atom is 0.255 e. The Balaban J connectivity index is 1.59.